The van der Waals surface area contributed by atoms with E-state index < -0.39 is 0 Å². The standard InChI is InChI=1S/C21H26O3/c1-3-4-5-6-7-15(2)21(24)19-13-10-17(14-20(19)23)16-8-11-18(22)12-9-16/h8-15,22-23H,3-7H2,1-2H3. The van der Waals surface area contributed by atoms with Crippen LogP contribution in [0.15, 0.2) is 42.5 Å². The van der Waals surface area contributed by atoms with Crippen LogP contribution in [-0.4, -0.2) is 16.0 Å². The van der Waals surface area contributed by atoms with Crippen molar-refractivity contribution in [1.82, 2.24) is 0 Å². The molecule has 0 aliphatic heterocycles. The third-order valence-corrected chi connectivity index (χ3v) is 4.40. The molecule has 0 spiro atoms. The number of Topliss-reactive ketones (excluding diaryl/α,β-unsaturated/α-hetero) is 1. The lowest BCUT2D eigenvalue weighted by Gasteiger charge is -2.12. The van der Waals surface area contributed by atoms with Gasteiger partial charge in [0.15, 0.2) is 5.78 Å². The fourth-order valence-corrected chi connectivity index (χ4v) is 2.85. The molecule has 24 heavy (non-hydrogen) atoms. The second-order valence-electron chi connectivity index (χ2n) is 6.39. The smallest absolute Gasteiger partial charge is 0.169 e. The highest BCUT2D eigenvalue weighted by Gasteiger charge is 2.18. The Morgan fingerprint density at radius 2 is 1.62 bits per heavy atom. The molecule has 0 aliphatic rings. The maximum absolute atomic E-state index is 12.5. The molecule has 0 radical (unpaired) electrons. The molecule has 0 aromatic heterocycles. The van der Waals surface area contributed by atoms with Gasteiger partial charge in [-0.3, -0.25) is 4.79 Å². The molecule has 0 saturated heterocycles. The van der Waals surface area contributed by atoms with Crippen LogP contribution < -0.4 is 0 Å². The fourth-order valence-electron chi connectivity index (χ4n) is 2.85. The minimum Gasteiger partial charge on any atom is -0.508 e. The van der Waals surface area contributed by atoms with Gasteiger partial charge in [0, 0.05) is 5.92 Å². The van der Waals surface area contributed by atoms with Crippen LogP contribution in [0, 0.1) is 5.92 Å². The number of phenolic OH excluding ortho intramolecular Hbond substituents is 2. The highest BCUT2D eigenvalue weighted by molar-refractivity contribution is 6.00. The van der Waals surface area contributed by atoms with Gasteiger partial charge in [-0.15, -0.1) is 0 Å². The first-order valence-electron chi connectivity index (χ1n) is 8.69. The number of carbonyl (C=O) groups is 1. The molecule has 2 rings (SSSR count). The van der Waals surface area contributed by atoms with Crippen LogP contribution in [0.5, 0.6) is 11.5 Å². The number of hydrogen-bond donors (Lipinski definition) is 2. The highest BCUT2D eigenvalue weighted by atomic mass is 16.3. The maximum Gasteiger partial charge on any atom is 0.169 e. The lowest BCUT2D eigenvalue weighted by atomic mass is 9.92. The summed E-state index contributed by atoms with van der Waals surface area (Å²) >= 11 is 0. The van der Waals surface area contributed by atoms with Gasteiger partial charge < -0.3 is 10.2 Å². The van der Waals surface area contributed by atoms with Crippen molar-refractivity contribution in [3.05, 3.63) is 48.0 Å². The zero-order valence-corrected chi connectivity index (χ0v) is 14.5. The van der Waals surface area contributed by atoms with Crippen molar-refractivity contribution in [2.45, 2.75) is 46.0 Å². The van der Waals surface area contributed by atoms with E-state index in [-0.39, 0.29) is 23.2 Å². The first-order chi connectivity index (χ1) is 11.5. The molecule has 0 bridgehead atoms. The number of ketones is 1. The van der Waals surface area contributed by atoms with E-state index in [0.29, 0.717) is 5.56 Å². The Morgan fingerprint density at radius 1 is 0.958 bits per heavy atom. The molecule has 0 fully saturated rings. The third kappa shape index (κ3) is 4.60. The molecule has 2 aromatic carbocycles. The van der Waals surface area contributed by atoms with Gasteiger partial charge in [-0.1, -0.05) is 57.7 Å². The van der Waals surface area contributed by atoms with Crippen molar-refractivity contribution < 1.29 is 15.0 Å². The van der Waals surface area contributed by atoms with Crippen LogP contribution in [0.4, 0.5) is 0 Å². The monoisotopic (exact) mass is 326 g/mol. The molecule has 3 nitrogen and oxygen atoms in total. The molecule has 2 aromatic rings. The summed E-state index contributed by atoms with van der Waals surface area (Å²) in [6.45, 7) is 4.10. The molecule has 0 saturated carbocycles. The molecular formula is C21H26O3. The number of carbonyl (C=O) groups excluding carboxylic acids is 1. The fraction of sp³-hybridized carbons (Fsp3) is 0.381. The van der Waals surface area contributed by atoms with Crippen LogP contribution in [-0.2, 0) is 0 Å². The Hall–Kier alpha value is -2.29. The summed E-state index contributed by atoms with van der Waals surface area (Å²) in [5.74, 6) is 0.145. The predicted molar refractivity (Wildman–Crippen MR) is 97.5 cm³/mol. The van der Waals surface area contributed by atoms with Crippen LogP contribution in [0.3, 0.4) is 0 Å². The number of phenols is 2. The quantitative estimate of drug-likeness (QED) is 0.493. The molecular weight excluding hydrogens is 300 g/mol. The van der Waals surface area contributed by atoms with Gasteiger partial charge >= 0.3 is 0 Å². The molecule has 1 unspecified atom stereocenters. The largest absolute Gasteiger partial charge is 0.508 e. The van der Waals surface area contributed by atoms with Crippen molar-refractivity contribution in [3.63, 3.8) is 0 Å². The number of rotatable bonds is 8. The Balaban J connectivity index is 2.08. The number of benzene rings is 2. The SMILES string of the molecule is CCCCCCC(C)C(=O)c1ccc(-c2ccc(O)cc2)cc1O. The lowest BCUT2D eigenvalue weighted by Crippen LogP contribution is -2.11. The Labute approximate surface area is 144 Å². The van der Waals surface area contributed by atoms with Crippen molar-refractivity contribution in [1.29, 1.82) is 0 Å². The minimum absolute atomic E-state index is 0.00116. The second-order valence-corrected chi connectivity index (χ2v) is 6.39. The minimum atomic E-state index is -0.0766. The summed E-state index contributed by atoms with van der Waals surface area (Å²) in [5, 5.41) is 19.6. The zero-order valence-electron chi connectivity index (χ0n) is 14.5. The first-order valence-corrected chi connectivity index (χ1v) is 8.69. The van der Waals surface area contributed by atoms with Crippen molar-refractivity contribution >= 4 is 5.78 Å². The molecule has 128 valence electrons. The summed E-state index contributed by atoms with van der Waals surface area (Å²) in [6, 6.07) is 11.9. The van der Waals surface area contributed by atoms with Crippen molar-refractivity contribution in [2.75, 3.05) is 0 Å². The Morgan fingerprint density at radius 3 is 2.25 bits per heavy atom. The van der Waals surface area contributed by atoms with Crippen LogP contribution in [0.1, 0.15) is 56.3 Å². The summed E-state index contributed by atoms with van der Waals surface area (Å²) in [5.41, 5.74) is 2.09. The van der Waals surface area contributed by atoms with E-state index in [2.05, 4.69) is 6.92 Å². The van der Waals surface area contributed by atoms with Gasteiger partial charge in [-0.2, -0.15) is 0 Å². The van der Waals surface area contributed by atoms with Gasteiger partial charge in [0.05, 0.1) is 5.56 Å². The van der Waals surface area contributed by atoms with E-state index in [1.807, 2.05) is 13.0 Å². The van der Waals surface area contributed by atoms with Crippen LogP contribution in [0.25, 0.3) is 11.1 Å². The molecule has 0 heterocycles. The second kappa shape index (κ2) is 8.53. The van der Waals surface area contributed by atoms with E-state index in [1.54, 1.807) is 36.4 Å². The molecule has 0 aliphatic carbocycles. The maximum atomic E-state index is 12.5. The molecule has 1 atom stereocenters. The summed E-state index contributed by atoms with van der Waals surface area (Å²) in [6.07, 6.45) is 5.44. The van der Waals surface area contributed by atoms with Gasteiger partial charge in [0.1, 0.15) is 11.5 Å². The summed E-state index contributed by atoms with van der Waals surface area (Å²) in [4.78, 5) is 12.5. The van der Waals surface area contributed by atoms with Gasteiger partial charge in [-0.05, 0) is 41.8 Å². The third-order valence-electron chi connectivity index (χ3n) is 4.40. The average molecular weight is 326 g/mol. The van der Waals surface area contributed by atoms with E-state index in [1.165, 1.54) is 12.8 Å². The zero-order chi connectivity index (χ0) is 17.5. The Bertz CT molecular complexity index is 674. The highest BCUT2D eigenvalue weighted by Crippen LogP contribution is 2.29. The predicted octanol–water partition coefficient (Wildman–Crippen LogP) is 5.55. The number of unbranched alkanes of at least 4 members (excludes halogenated alkanes) is 3. The molecule has 2 N–H and O–H groups in total. The van der Waals surface area contributed by atoms with E-state index in [9.17, 15) is 15.0 Å². The topological polar surface area (TPSA) is 57.5 Å². The van der Waals surface area contributed by atoms with Gasteiger partial charge in [0.2, 0.25) is 0 Å². The molecule has 0 amide bonds. The molecule has 3 heteroatoms. The van der Waals surface area contributed by atoms with Crippen molar-refractivity contribution in [2.24, 2.45) is 5.92 Å². The summed E-state index contributed by atoms with van der Waals surface area (Å²) < 4.78 is 0. The van der Waals surface area contributed by atoms with E-state index in [0.717, 1.165) is 30.4 Å². The first kappa shape index (κ1) is 18.1. The Kier molecular flexibility index (Phi) is 6.42. The number of hydrogen-bond acceptors (Lipinski definition) is 3. The van der Waals surface area contributed by atoms with Crippen LogP contribution >= 0.6 is 0 Å². The van der Waals surface area contributed by atoms with Gasteiger partial charge in [-0.25, -0.2) is 0 Å². The summed E-state index contributed by atoms with van der Waals surface area (Å²) in [7, 11) is 0. The normalized spacial score (nSPS) is 12.1. The van der Waals surface area contributed by atoms with E-state index in [4.69, 9.17) is 0 Å². The van der Waals surface area contributed by atoms with E-state index >= 15 is 0 Å². The van der Waals surface area contributed by atoms with Gasteiger partial charge in [0.25, 0.3) is 0 Å². The van der Waals surface area contributed by atoms with Crippen molar-refractivity contribution in [3.8, 4) is 22.6 Å². The lowest BCUT2D eigenvalue weighted by molar-refractivity contribution is 0.0919. The van der Waals surface area contributed by atoms with Crippen LogP contribution in [0.2, 0.25) is 0 Å². The average Bonchev–Trinajstić information content (AvgIpc) is 2.58. The number of aromatic hydroxyl groups is 2.